The number of esters is 1. The minimum atomic E-state index is -1.03. The van der Waals surface area contributed by atoms with Crippen molar-refractivity contribution < 1.29 is 44.9 Å². The van der Waals surface area contributed by atoms with Crippen LogP contribution in [0.25, 0.3) is 0 Å². The fraction of sp³-hybridized carbons (Fsp3) is 0.966. The van der Waals surface area contributed by atoms with E-state index in [2.05, 4.69) is 6.92 Å². The summed E-state index contributed by atoms with van der Waals surface area (Å²) in [4.78, 5) is 11.3. The van der Waals surface area contributed by atoms with Crippen molar-refractivity contribution in [2.24, 2.45) is 0 Å². The molecule has 6 unspecified atom stereocenters. The Labute approximate surface area is 230 Å². The molecule has 0 spiro atoms. The van der Waals surface area contributed by atoms with E-state index >= 15 is 0 Å². The van der Waals surface area contributed by atoms with Gasteiger partial charge in [-0.1, -0.05) is 64.7 Å². The molecule has 0 aromatic heterocycles. The number of carbonyl (C=O) groups is 1. The monoisotopic (exact) mass is 550 g/mol. The SMILES string of the molecule is CCCCCC(CCCCCCCCCCC(O)C(O)CCC(O)C(O)CCOCC(O)CO)OC(C)=O. The van der Waals surface area contributed by atoms with E-state index in [-0.39, 0.29) is 44.5 Å². The average Bonchev–Trinajstić information content (AvgIpc) is 2.89. The van der Waals surface area contributed by atoms with Gasteiger partial charge in [-0.05, 0) is 51.4 Å². The molecule has 0 aromatic rings. The molecule has 0 aliphatic heterocycles. The molecular formula is C29H58O9. The fourth-order valence-electron chi connectivity index (χ4n) is 4.49. The van der Waals surface area contributed by atoms with Crippen molar-refractivity contribution in [3.63, 3.8) is 0 Å². The maximum absolute atomic E-state index is 11.3. The summed E-state index contributed by atoms with van der Waals surface area (Å²) in [5.41, 5.74) is 0. The van der Waals surface area contributed by atoms with E-state index in [9.17, 15) is 30.3 Å². The van der Waals surface area contributed by atoms with Crippen LogP contribution in [-0.4, -0.2) is 93.1 Å². The van der Waals surface area contributed by atoms with Gasteiger partial charge in [0.1, 0.15) is 12.2 Å². The first-order valence-electron chi connectivity index (χ1n) is 15.0. The van der Waals surface area contributed by atoms with Crippen LogP contribution in [0.1, 0.15) is 123 Å². The molecule has 0 saturated heterocycles. The Morgan fingerprint density at radius 1 is 0.632 bits per heavy atom. The van der Waals surface area contributed by atoms with E-state index in [1.165, 1.54) is 32.6 Å². The van der Waals surface area contributed by atoms with Gasteiger partial charge >= 0.3 is 5.97 Å². The average molecular weight is 551 g/mol. The summed E-state index contributed by atoms with van der Waals surface area (Å²) in [6.45, 7) is 3.36. The Hall–Kier alpha value is -0.810. The second-order valence-electron chi connectivity index (χ2n) is 10.7. The van der Waals surface area contributed by atoms with Crippen LogP contribution in [0.4, 0.5) is 0 Å². The Kier molecular flexibility index (Phi) is 24.6. The van der Waals surface area contributed by atoms with Crippen LogP contribution in [0.2, 0.25) is 0 Å². The van der Waals surface area contributed by atoms with Gasteiger partial charge in [-0.15, -0.1) is 0 Å². The predicted octanol–water partition coefficient (Wildman–Crippen LogP) is 3.38. The van der Waals surface area contributed by atoms with E-state index in [1.807, 2.05) is 0 Å². The molecule has 0 aliphatic rings. The molecule has 0 radical (unpaired) electrons. The third-order valence-electron chi connectivity index (χ3n) is 6.96. The van der Waals surface area contributed by atoms with Crippen LogP contribution in [0.3, 0.4) is 0 Å². The first-order chi connectivity index (χ1) is 18.2. The van der Waals surface area contributed by atoms with Gasteiger partial charge in [0.15, 0.2) is 0 Å². The third-order valence-corrected chi connectivity index (χ3v) is 6.96. The summed E-state index contributed by atoms with van der Waals surface area (Å²) in [5, 5.41) is 58.3. The van der Waals surface area contributed by atoms with E-state index in [0.717, 1.165) is 57.8 Å². The molecular weight excluding hydrogens is 492 g/mol. The molecule has 0 saturated carbocycles. The number of hydrogen-bond acceptors (Lipinski definition) is 9. The fourth-order valence-corrected chi connectivity index (χ4v) is 4.49. The van der Waals surface area contributed by atoms with Crippen molar-refractivity contribution in [3.05, 3.63) is 0 Å². The van der Waals surface area contributed by atoms with Gasteiger partial charge in [-0.25, -0.2) is 0 Å². The second kappa shape index (κ2) is 25.2. The highest BCUT2D eigenvalue weighted by Crippen LogP contribution is 2.18. The molecule has 0 bridgehead atoms. The number of hydrogen-bond donors (Lipinski definition) is 6. The van der Waals surface area contributed by atoms with Crippen LogP contribution >= 0.6 is 0 Å². The highest BCUT2D eigenvalue weighted by atomic mass is 16.5. The molecule has 228 valence electrons. The van der Waals surface area contributed by atoms with Crippen molar-refractivity contribution >= 4 is 5.97 Å². The van der Waals surface area contributed by atoms with Crippen molar-refractivity contribution in [1.82, 2.24) is 0 Å². The van der Waals surface area contributed by atoms with Crippen molar-refractivity contribution in [3.8, 4) is 0 Å². The first kappa shape index (κ1) is 37.2. The molecule has 0 aliphatic carbocycles. The first-order valence-corrected chi connectivity index (χ1v) is 15.0. The van der Waals surface area contributed by atoms with Crippen molar-refractivity contribution in [2.75, 3.05) is 19.8 Å². The van der Waals surface area contributed by atoms with Gasteiger partial charge in [0.25, 0.3) is 0 Å². The lowest BCUT2D eigenvalue weighted by Gasteiger charge is -2.22. The molecule has 0 aromatic carbocycles. The zero-order chi connectivity index (χ0) is 28.6. The summed E-state index contributed by atoms with van der Waals surface area (Å²) < 4.78 is 10.6. The Bertz CT molecular complexity index is 534. The molecule has 9 heteroatoms. The van der Waals surface area contributed by atoms with Crippen LogP contribution < -0.4 is 0 Å². The van der Waals surface area contributed by atoms with Crippen LogP contribution in [0.5, 0.6) is 0 Å². The van der Waals surface area contributed by atoms with Crippen LogP contribution in [0.15, 0.2) is 0 Å². The molecule has 0 heterocycles. The van der Waals surface area contributed by atoms with Gasteiger partial charge < -0.3 is 40.1 Å². The van der Waals surface area contributed by atoms with E-state index < -0.39 is 37.1 Å². The quantitative estimate of drug-likeness (QED) is 0.0666. The highest BCUT2D eigenvalue weighted by molar-refractivity contribution is 5.66. The zero-order valence-corrected chi connectivity index (χ0v) is 24.0. The lowest BCUT2D eigenvalue weighted by Crippen LogP contribution is -2.32. The smallest absolute Gasteiger partial charge is 0.302 e. The van der Waals surface area contributed by atoms with Gasteiger partial charge in [0, 0.05) is 13.5 Å². The second-order valence-corrected chi connectivity index (χ2v) is 10.7. The van der Waals surface area contributed by atoms with E-state index in [4.69, 9.17) is 14.6 Å². The number of aliphatic hydroxyl groups excluding tert-OH is 6. The third kappa shape index (κ3) is 22.1. The van der Waals surface area contributed by atoms with E-state index in [0.29, 0.717) is 6.42 Å². The minimum Gasteiger partial charge on any atom is -0.463 e. The Morgan fingerprint density at radius 2 is 1.08 bits per heavy atom. The number of ether oxygens (including phenoxy) is 2. The lowest BCUT2D eigenvalue weighted by atomic mass is 9.98. The van der Waals surface area contributed by atoms with E-state index in [1.54, 1.807) is 0 Å². The summed E-state index contributed by atoms with van der Waals surface area (Å²) in [6.07, 6.45) is 10.3. The molecule has 6 atom stereocenters. The standard InChI is InChI=1S/C29H58O9/c1-3-4-11-14-25(38-23(2)31)15-12-9-7-5-6-8-10-13-16-26(33)27(34)17-18-28(35)29(36)19-20-37-22-24(32)21-30/h24-30,32-36H,3-22H2,1-2H3. The number of unbranched alkanes of at least 4 members (excludes halogenated alkanes) is 9. The molecule has 0 fully saturated rings. The maximum Gasteiger partial charge on any atom is 0.302 e. The topological polar surface area (TPSA) is 157 Å². The Morgan fingerprint density at radius 3 is 1.58 bits per heavy atom. The molecule has 38 heavy (non-hydrogen) atoms. The maximum atomic E-state index is 11.3. The van der Waals surface area contributed by atoms with Crippen molar-refractivity contribution in [2.45, 2.75) is 160 Å². The van der Waals surface area contributed by atoms with Crippen LogP contribution in [0, 0.1) is 0 Å². The number of carbonyl (C=O) groups excluding carboxylic acids is 1. The number of aliphatic hydroxyl groups is 6. The van der Waals surface area contributed by atoms with Gasteiger partial charge in [0.2, 0.25) is 0 Å². The van der Waals surface area contributed by atoms with Gasteiger partial charge in [0.05, 0.1) is 37.6 Å². The Balaban J connectivity index is 3.75. The minimum absolute atomic E-state index is 0.0388. The molecule has 9 nitrogen and oxygen atoms in total. The van der Waals surface area contributed by atoms with Gasteiger partial charge in [-0.3, -0.25) is 4.79 Å². The zero-order valence-electron chi connectivity index (χ0n) is 24.0. The van der Waals surface area contributed by atoms with Crippen LogP contribution in [-0.2, 0) is 14.3 Å². The predicted molar refractivity (Wildman–Crippen MR) is 148 cm³/mol. The summed E-state index contributed by atoms with van der Waals surface area (Å²) in [6, 6.07) is 0. The summed E-state index contributed by atoms with van der Waals surface area (Å²) in [7, 11) is 0. The summed E-state index contributed by atoms with van der Waals surface area (Å²) in [5.74, 6) is -0.184. The van der Waals surface area contributed by atoms with Gasteiger partial charge in [-0.2, -0.15) is 0 Å². The van der Waals surface area contributed by atoms with Crippen molar-refractivity contribution in [1.29, 1.82) is 0 Å². The lowest BCUT2D eigenvalue weighted by molar-refractivity contribution is -0.147. The number of rotatable bonds is 27. The molecule has 6 N–H and O–H groups in total. The molecule has 0 rings (SSSR count). The largest absolute Gasteiger partial charge is 0.463 e. The normalized spacial score (nSPS) is 16.5. The highest BCUT2D eigenvalue weighted by Gasteiger charge is 2.21. The molecule has 0 amide bonds. The summed E-state index contributed by atoms with van der Waals surface area (Å²) >= 11 is 0.